The largest absolute Gasteiger partial charge is 0.493 e. The molecule has 9 nitrogen and oxygen atoms in total. The van der Waals surface area contributed by atoms with Crippen LogP contribution in [0.25, 0.3) is 16.5 Å². The van der Waals surface area contributed by atoms with E-state index in [1.54, 1.807) is 20.3 Å². The second-order valence-electron chi connectivity index (χ2n) is 8.79. The lowest BCUT2D eigenvalue weighted by molar-refractivity contribution is -0.113. The molecular formula is C28H28N4O5. The van der Waals surface area contributed by atoms with E-state index in [1.807, 2.05) is 24.3 Å². The molecule has 1 fully saturated rings. The molecule has 1 saturated heterocycles. The summed E-state index contributed by atoms with van der Waals surface area (Å²) >= 11 is 0. The smallest absolute Gasteiger partial charge is 0.186 e. The fourth-order valence-electron chi connectivity index (χ4n) is 4.55. The zero-order valence-electron chi connectivity index (χ0n) is 20.8. The standard InChI is InChI=1S/C28H28N4O5/c1-35-11-12-37-27-16-24-22(15-26(27)36-2)28(30-17-29-24)31-23-7-5-18(32-9-3-4-10-32)13-20(23)21-14-19(33)6-8-25(21)34/h5-8,13-17H,3-4,9-12H2,1-2H3,(H,29,30,31). The van der Waals surface area contributed by atoms with Crippen LogP contribution in [-0.4, -0.2) is 62.1 Å². The second-order valence-corrected chi connectivity index (χ2v) is 8.79. The number of carbonyl (C=O) groups is 2. The number of ether oxygens (including phenoxy) is 3. The van der Waals surface area contributed by atoms with Gasteiger partial charge in [-0.1, -0.05) is 0 Å². The lowest BCUT2D eigenvalue weighted by atomic mass is 9.94. The van der Waals surface area contributed by atoms with Crippen LogP contribution in [0.3, 0.4) is 0 Å². The summed E-state index contributed by atoms with van der Waals surface area (Å²) in [5, 5.41) is 4.09. The van der Waals surface area contributed by atoms with Crippen molar-refractivity contribution in [2.45, 2.75) is 12.8 Å². The molecule has 0 spiro atoms. The molecular weight excluding hydrogens is 472 g/mol. The van der Waals surface area contributed by atoms with Crippen LogP contribution >= 0.6 is 0 Å². The molecule has 0 radical (unpaired) electrons. The first-order valence-corrected chi connectivity index (χ1v) is 12.2. The van der Waals surface area contributed by atoms with E-state index in [0.717, 1.165) is 31.6 Å². The summed E-state index contributed by atoms with van der Waals surface area (Å²) in [7, 11) is 3.18. The minimum Gasteiger partial charge on any atom is -0.493 e. The Morgan fingerprint density at radius 3 is 2.59 bits per heavy atom. The number of nitrogens with zero attached hydrogens (tertiary/aromatic N) is 3. The average molecular weight is 501 g/mol. The number of methoxy groups -OCH3 is 2. The molecule has 2 aliphatic rings. The van der Waals surface area contributed by atoms with Crippen LogP contribution in [0, 0.1) is 0 Å². The number of allylic oxidation sites excluding steroid dienone is 4. The van der Waals surface area contributed by atoms with E-state index in [-0.39, 0.29) is 11.6 Å². The number of rotatable bonds is 9. The summed E-state index contributed by atoms with van der Waals surface area (Å²) in [5.41, 5.74) is 3.32. The van der Waals surface area contributed by atoms with Gasteiger partial charge in [0, 0.05) is 54.2 Å². The first-order valence-electron chi connectivity index (χ1n) is 12.2. The normalized spacial score (nSPS) is 15.3. The van der Waals surface area contributed by atoms with Crippen molar-refractivity contribution in [1.82, 2.24) is 9.97 Å². The third kappa shape index (κ3) is 5.17. The molecule has 2 heterocycles. The third-order valence-corrected chi connectivity index (χ3v) is 6.43. The van der Waals surface area contributed by atoms with Crippen molar-refractivity contribution in [3.8, 4) is 11.5 Å². The molecule has 0 amide bonds. The highest BCUT2D eigenvalue weighted by Gasteiger charge is 2.22. The quantitative estimate of drug-likeness (QED) is 0.344. The molecule has 5 rings (SSSR count). The monoisotopic (exact) mass is 500 g/mol. The van der Waals surface area contributed by atoms with E-state index in [1.165, 1.54) is 24.6 Å². The minimum atomic E-state index is -0.217. The highest BCUT2D eigenvalue weighted by molar-refractivity contribution is 6.34. The Hall–Kier alpha value is -4.24. The van der Waals surface area contributed by atoms with E-state index in [9.17, 15) is 9.59 Å². The van der Waals surface area contributed by atoms with E-state index >= 15 is 0 Å². The van der Waals surface area contributed by atoms with Gasteiger partial charge in [-0.15, -0.1) is 0 Å². The number of anilines is 3. The molecule has 0 saturated carbocycles. The average Bonchev–Trinajstić information content (AvgIpc) is 3.45. The number of benzene rings is 2. The van der Waals surface area contributed by atoms with Gasteiger partial charge in [-0.2, -0.15) is 0 Å². The summed E-state index contributed by atoms with van der Waals surface area (Å²) < 4.78 is 16.4. The lowest BCUT2D eigenvalue weighted by Crippen LogP contribution is -2.18. The van der Waals surface area contributed by atoms with Crippen molar-refractivity contribution >= 4 is 45.2 Å². The summed E-state index contributed by atoms with van der Waals surface area (Å²) in [6.45, 7) is 2.74. The summed E-state index contributed by atoms with van der Waals surface area (Å²) in [4.78, 5) is 36.1. The van der Waals surface area contributed by atoms with Gasteiger partial charge in [-0.3, -0.25) is 9.59 Å². The van der Waals surface area contributed by atoms with Gasteiger partial charge in [-0.05, 0) is 55.3 Å². The lowest BCUT2D eigenvalue weighted by Gasteiger charge is -2.22. The molecule has 2 aromatic carbocycles. The number of hydrogen-bond acceptors (Lipinski definition) is 9. The van der Waals surface area contributed by atoms with Gasteiger partial charge in [0.2, 0.25) is 0 Å². The van der Waals surface area contributed by atoms with Gasteiger partial charge in [-0.25, -0.2) is 9.97 Å². The van der Waals surface area contributed by atoms with Crippen molar-refractivity contribution in [3.05, 3.63) is 60.5 Å². The fraction of sp³-hybridized carbons (Fsp3) is 0.286. The zero-order valence-corrected chi connectivity index (χ0v) is 20.8. The van der Waals surface area contributed by atoms with Crippen LogP contribution in [0.15, 0.2) is 54.9 Å². The van der Waals surface area contributed by atoms with Crippen LogP contribution in [0.1, 0.15) is 18.4 Å². The Kier molecular flexibility index (Phi) is 7.14. The van der Waals surface area contributed by atoms with Crippen molar-refractivity contribution in [3.63, 3.8) is 0 Å². The Balaban J connectivity index is 1.56. The van der Waals surface area contributed by atoms with Crippen LogP contribution in [0.2, 0.25) is 0 Å². The molecule has 0 atom stereocenters. The number of nitrogens with one attached hydrogen (secondary N) is 1. The number of hydrogen-bond donors (Lipinski definition) is 1. The summed E-state index contributed by atoms with van der Waals surface area (Å²) in [6.07, 6.45) is 7.72. The van der Waals surface area contributed by atoms with E-state index in [4.69, 9.17) is 14.2 Å². The summed E-state index contributed by atoms with van der Waals surface area (Å²) in [6, 6.07) is 9.53. The second kappa shape index (κ2) is 10.8. The first kappa shape index (κ1) is 24.5. The minimum absolute atomic E-state index is 0.215. The molecule has 0 unspecified atom stereocenters. The Bertz CT molecular complexity index is 1410. The highest BCUT2D eigenvalue weighted by Crippen LogP contribution is 2.37. The third-order valence-electron chi connectivity index (χ3n) is 6.43. The van der Waals surface area contributed by atoms with E-state index < -0.39 is 0 Å². The maximum atomic E-state index is 12.8. The van der Waals surface area contributed by atoms with Crippen molar-refractivity contribution in [1.29, 1.82) is 0 Å². The SMILES string of the molecule is COCCOc1cc2ncnc(Nc3ccc(N4CCCC4)cc3C3=CC(=O)C=CC3=O)c2cc1OC. The molecule has 3 aromatic rings. The van der Waals surface area contributed by atoms with Crippen LogP contribution in [0.5, 0.6) is 11.5 Å². The van der Waals surface area contributed by atoms with Crippen molar-refractivity contribution < 1.29 is 23.8 Å². The number of carbonyl (C=O) groups excluding carboxylic acids is 2. The first-order chi connectivity index (χ1) is 18.1. The topological polar surface area (TPSA) is 103 Å². The Morgan fingerprint density at radius 1 is 0.973 bits per heavy atom. The van der Waals surface area contributed by atoms with E-state index in [2.05, 4.69) is 20.2 Å². The molecule has 1 aliphatic carbocycles. The predicted octanol–water partition coefficient (Wildman–Crippen LogP) is 4.10. The summed E-state index contributed by atoms with van der Waals surface area (Å²) in [5.74, 6) is 1.19. The van der Waals surface area contributed by atoms with Gasteiger partial charge >= 0.3 is 0 Å². The Morgan fingerprint density at radius 2 is 1.81 bits per heavy atom. The zero-order chi connectivity index (χ0) is 25.8. The van der Waals surface area contributed by atoms with Crippen molar-refractivity contribution in [2.24, 2.45) is 0 Å². The van der Waals surface area contributed by atoms with E-state index in [0.29, 0.717) is 58.3 Å². The predicted molar refractivity (Wildman–Crippen MR) is 142 cm³/mol. The van der Waals surface area contributed by atoms with Crippen LogP contribution in [-0.2, 0) is 14.3 Å². The maximum absolute atomic E-state index is 12.8. The molecule has 190 valence electrons. The molecule has 1 aliphatic heterocycles. The molecule has 1 aromatic heterocycles. The van der Waals surface area contributed by atoms with Gasteiger partial charge in [0.25, 0.3) is 0 Å². The molecule has 1 N–H and O–H groups in total. The highest BCUT2D eigenvalue weighted by atomic mass is 16.5. The fourth-order valence-corrected chi connectivity index (χ4v) is 4.55. The molecule has 9 heteroatoms. The Labute approximate surface area is 214 Å². The van der Waals surface area contributed by atoms with Crippen molar-refractivity contribution in [2.75, 3.05) is 50.7 Å². The molecule has 37 heavy (non-hydrogen) atoms. The van der Waals surface area contributed by atoms with Crippen LogP contribution < -0.4 is 19.7 Å². The number of aromatic nitrogens is 2. The van der Waals surface area contributed by atoms with Gasteiger partial charge in [0.1, 0.15) is 18.8 Å². The van der Waals surface area contributed by atoms with Gasteiger partial charge in [0.05, 0.1) is 19.2 Å². The van der Waals surface area contributed by atoms with Crippen LogP contribution in [0.4, 0.5) is 17.2 Å². The number of fused-ring (bicyclic) bond motifs is 1. The molecule has 0 bridgehead atoms. The van der Waals surface area contributed by atoms with Gasteiger partial charge in [0.15, 0.2) is 23.1 Å². The van der Waals surface area contributed by atoms with Gasteiger partial charge < -0.3 is 24.4 Å². The maximum Gasteiger partial charge on any atom is 0.186 e. The number of ketones is 2.